The van der Waals surface area contributed by atoms with Crippen LogP contribution in [-0.2, 0) is 4.79 Å². The van der Waals surface area contributed by atoms with Gasteiger partial charge in [0.25, 0.3) is 0 Å². The molecule has 0 aliphatic rings. The molecule has 31 heavy (non-hydrogen) atoms. The Bertz CT molecular complexity index is 1190. The van der Waals surface area contributed by atoms with Crippen molar-refractivity contribution in [2.75, 3.05) is 35.5 Å². The Morgan fingerprint density at radius 1 is 0.774 bits per heavy atom. The van der Waals surface area contributed by atoms with E-state index >= 15 is 0 Å². The van der Waals surface area contributed by atoms with E-state index in [1.54, 1.807) is 18.2 Å². The molecule has 1 aromatic heterocycles. The number of esters is 1. The predicted octanol–water partition coefficient (Wildman–Crippen LogP) is 3.43. The van der Waals surface area contributed by atoms with Gasteiger partial charge in [0.1, 0.15) is 11.1 Å². The number of hydrogen-bond acceptors (Lipinski definition) is 9. The van der Waals surface area contributed by atoms with Crippen molar-refractivity contribution in [1.82, 2.24) is 0 Å². The Hall–Kier alpha value is -3.88. The summed E-state index contributed by atoms with van der Waals surface area (Å²) in [7, 11) is 7.17. The van der Waals surface area contributed by atoms with Crippen LogP contribution in [0.5, 0.6) is 34.5 Å². The molecule has 0 fully saturated rings. The van der Waals surface area contributed by atoms with Gasteiger partial charge in [0.15, 0.2) is 28.6 Å². The molecule has 0 spiro atoms. The van der Waals surface area contributed by atoms with E-state index in [9.17, 15) is 9.59 Å². The normalized spacial score (nSPS) is 10.5. The summed E-state index contributed by atoms with van der Waals surface area (Å²) in [6, 6.07) is 6.39. The van der Waals surface area contributed by atoms with E-state index in [-0.39, 0.29) is 39.7 Å². The third-order valence-electron chi connectivity index (χ3n) is 4.54. The molecule has 9 heteroatoms. The lowest BCUT2D eigenvalue weighted by atomic mass is 10.1. The number of ether oxygens (including phenoxy) is 6. The van der Waals surface area contributed by atoms with Crippen molar-refractivity contribution in [3.8, 4) is 45.8 Å². The zero-order valence-electron chi connectivity index (χ0n) is 18.0. The van der Waals surface area contributed by atoms with Crippen LogP contribution in [0.2, 0.25) is 0 Å². The average molecular weight is 430 g/mol. The maximum atomic E-state index is 13.4. The highest BCUT2D eigenvalue weighted by Gasteiger charge is 2.26. The zero-order chi connectivity index (χ0) is 22.7. The van der Waals surface area contributed by atoms with Crippen LogP contribution in [0.15, 0.2) is 33.5 Å². The molecule has 0 amide bonds. The molecule has 164 valence electrons. The molecule has 3 aromatic rings. The van der Waals surface area contributed by atoms with Crippen molar-refractivity contribution in [3.05, 3.63) is 34.5 Å². The van der Waals surface area contributed by atoms with Crippen molar-refractivity contribution in [1.29, 1.82) is 0 Å². The second-order valence-corrected chi connectivity index (χ2v) is 6.27. The molecule has 0 atom stereocenters. The Kier molecular flexibility index (Phi) is 6.24. The lowest BCUT2D eigenvalue weighted by Crippen LogP contribution is -2.12. The van der Waals surface area contributed by atoms with Gasteiger partial charge in [-0.15, -0.1) is 0 Å². The van der Waals surface area contributed by atoms with Gasteiger partial charge in [0.2, 0.25) is 16.9 Å². The monoisotopic (exact) mass is 430 g/mol. The van der Waals surface area contributed by atoms with Crippen molar-refractivity contribution in [2.45, 2.75) is 6.92 Å². The fourth-order valence-corrected chi connectivity index (χ4v) is 3.20. The van der Waals surface area contributed by atoms with Gasteiger partial charge in [-0.2, -0.15) is 0 Å². The van der Waals surface area contributed by atoms with E-state index in [0.29, 0.717) is 17.1 Å². The van der Waals surface area contributed by atoms with E-state index < -0.39 is 11.4 Å². The fourth-order valence-electron chi connectivity index (χ4n) is 3.20. The summed E-state index contributed by atoms with van der Waals surface area (Å²) in [5, 5.41) is -0.0195. The number of benzene rings is 2. The minimum atomic E-state index is -0.615. The van der Waals surface area contributed by atoms with Gasteiger partial charge in [0, 0.05) is 18.6 Å². The molecule has 0 radical (unpaired) electrons. The Morgan fingerprint density at radius 2 is 1.42 bits per heavy atom. The van der Waals surface area contributed by atoms with E-state index in [1.807, 2.05) is 0 Å². The quantitative estimate of drug-likeness (QED) is 0.412. The molecule has 0 saturated heterocycles. The van der Waals surface area contributed by atoms with Gasteiger partial charge in [-0.05, 0) is 18.2 Å². The largest absolute Gasteiger partial charge is 0.493 e. The van der Waals surface area contributed by atoms with Gasteiger partial charge in [-0.25, -0.2) is 0 Å². The smallest absolute Gasteiger partial charge is 0.308 e. The average Bonchev–Trinajstić information content (AvgIpc) is 2.77. The summed E-state index contributed by atoms with van der Waals surface area (Å²) in [4.78, 5) is 25.0. The molecular formula is C22H22O9. The SMILES string of the molecule is COc1ccc(-c2oc3c(OC)c(OC)cc(OC(C)=O)c3c(=O)c2OC)cc1OC. The topological polar surface area (TPSA) is 103 Å². The molecule has 0 aliphatic heterocycles. The van der Waals surface area contributed by atoms with Crippen LogP contribution in [0.1, 0.15) is 6.92 Å². The van der Waals surface area contributed by atoms with Crippen molar-refractivity contribution < 1.29 is 37.6 Å². The summed E-state index contributed by atoms with van der Waals surface area (Å²) >= 11 is 0. The fraction of sp³-hybridized carbons (Fsp3) is 0.273. The standard InChI is InChI=1S/C22H22O9/c1-11(23)30-15-10-16(27-4)20(28-5)21-17(15)18(24)22(29-6)19(31-21)12-7-8-13(25-2)14(9-12)26-3/h7-10H,1-6H3. The Labute approximate surface area is 178 Å². The lowest BCUT2D eigenvalue weighted by molar-refractivity contribution is -0.131. The summed E-state index contributed by atoms with van der Waals surface area (Å²) < 4.78 is 38.1. The van der Waals surface area contributed by atoms with Crippen molar-refractivity contribution in [3.63, 3.8) is 0 Å². The van der Waals surface area contributed by atoms with Gasteiger partial charge >= 0.3 is 5.97 Å². The van der Waals surface area contributed by atoms with Crippen molar-refractivity contribution >= 4 is 16.9 Å². The van der Waals surface area contributed by atoms with Gasteiger partial charge in [0.05, 0.1) is 35.5 Å². The lowest BCUT2D eigenvalue weighted by Gasteiger charge is -2.16. The first-order valence-electron chi connectivity index (χ1n) is 9.10. The summed E-state index contributed by atoms with van der Waals surface area (Å²) in [6.45, 7) is 1.22. The predicted molar refractivity (Wildman–Crippen MR) is 112 cm³/mol. The second kappa shape index (κ2) is 8.86. The second-order valence-electron chi connectivity index (χ2n) is 6.27. The summed E-state index contributed by atoms with van der Waals surface area (Å²) in [5.74, 6) is 0.712. The molecule has 3 rings (SSSR count). The number of carbonyl (C=O) groups excluding carboxylic acids is 1. The number of carbonyl (C=O) groups is 1. The summed E-state index contributed by atoms with van der Waals surface area (Å²) in [5.41, 5.74) is -0.0215. The van der Waals surface area contributed by atoms with E-state index in [0.717, 1.165) is 0 Å². The Morgan fingerprint density at radius 3 is 1.97 bits per heavy atom. The number of hydrogen-bond donors (Lipinski definition) is 0. The highest BCUT2D eigenvalue weighted by atomic mass is 16.5. The van der Waals surface area contributed by atoms with Crippen LogP contribution in [0.3, 0.4) is 0 Å². The van der Waals surface area contributed by atoms with Crippen LogP contribution in [0.25, 0.3) is 22.3 Å². The van der Waals surface area contributed by atoms with Gasteiger partial charge < -0.3 is 32.8 Å². The van der Waals surface area contributed by atoms with Gasteiger partial charge in [-0.3, -0.25) is 9.59 Å². The van der Waals surface area contributed by atoms with Crippen LogP contribution in [-0.4, -0.2) is 41.5 Å². The minimum absolute atomic E-state index is 0.0195. The molecule has 2 aromatic carbocycles. The van der Waals surface area contributed by atoms with Crippen molar-refractivity contribution in [2.24, 2.45) is 0 Å². The first kappa shape index (κ1) is 21.8. The molecule has 0 N–H and O–H groups in total. The minimum Gasteiger partial charge on any atom is -0.493 e. The van der Waals surface area contributed by atoms with Crippen LogP contribution < -0.4 is 33.8 Å². The molecule has 0 bridgehead atoms. The Balaban J connectivity index is 2.44. The first-order valence-corrected chi connectivity index (χ1v) is 9.10. The molecule has 9 nitrogen and oxygen atoms in total. The number of methoxy groups -OCH3 is 5. The highest BCUT2D eigenvalue weighted by molar-refractivity contribution is 5.95. The maximum Gasteiger partial charge on any atom is 0.308 e. The highest BCUT2D eigenvalue weighted by Crippen LogP contribution is 2.44. The third kappa shape index (κ3) is 3.81. The number of fused-ring (bicyclic) bond motifs is 1. The molecule has 0 unspecified atom stereocenters. The van der Waals surface area contributed by atoms with E-state index in [1.165, 1.54) is 48.5 Å². The molecule has 0 aliphatic carbocycles. The molecular weight excluding hydrogens is 408 g/mol. The van der Waals surface area contributed by atoms with Crippen LogP contribution in [0, 0.1) is 0 Å². The number of rotatable bonds is 7. The molecule has 1 heterocycles. The third-order valence-corrected chi connectivity index (χ3v) is 4.54. The van der Waals surface area contributed by atoms with E-state index in [2.05, 4.69) is 0 Å². The van der Waals surface area contributed by atoms with E-state index in [4.69, 9.17) is 32.8 Å². The van der Waals surface area contributed by atoms with Crippen LogP contribution >= 0.6 is 0 Å². The van der Waals surface area contributed by atoms with Gasteiger partial charge in [-0.1, -0.05) is 0 Å². The maximum absolute atomic E-state index is 13.4. The molecule has 0 saturated carbocycles. The first-order chi connectivity index (χ1) is 14.9. The summed E-state index contributed by atoms with van der Waals surface area (Å²) in [6.07, 6.45) is 0. The van der Waals surface area contributed by atoms with Crippen LogP contribution in [0.4, 0.5) is 0 Å². The zero-order valence-corrected chi connectivity index (χ0v) is 18.0.